The van der Waals surface area contributed by atoms with Crippen LogP contribution in [0.15, 0.2) is 57.9 Å². The van der Waals surface area contributed by atoms with Gasteiger partial charge < -0.3 is 14.4 Å². The van der Waals surface area contributed by atoms with E-state index in [1.54, 1.807) is 42.5 Å². The summed E-state index contributed by atoms with van der Waals surface area (Å²) < 4.78 is 37.4. The number of piperazine rings is 1. The summed E-state index contributed by atoms with van der Waals surface area (Å²) in [5, 5.41) is 0. The second-order valence-electron chi connectivity index (χ2n) is 6.52. The second-order valence-corrected chi connectivity index (χ2v) is 9.31. The molecular weight excluding hydrogens is 476 g/mol. The van der Waals surface area contributed by atoms with Gasteiger partial charge in [-0.2, -0.15) is 4.31 Å². The fourth-order valence-corrected chi connectivity index (χ4v) is 4.86. The van der Waals surface area contributed by atoms with E-state index in [0.29, 0.717) is 10.2 Å². The van der Waals surface area contributed by atoms with Crippen molar-refractivity contribution in [2.24, 2.45) is 0 Å². The number of nitrogens with zero attached hydrogens (tertiary/aromatic N) is 2. The van der Waals surface area contributed by atoms with E-state index in [2.05, 4.69) is 15.9 Å². The normalized spacial score (nSPS) is 14.9. The molecule has 1 fully saturated rings. The number of esters is 1. The zero-order valence-electron chi connectivity index (χ0n) is 16.3. The topological polar surface area (TPSA) is 93.2 Å². The minimum absolute atomic E-state index is 0.179. The smallest absolute Gasteiger partial charge is 0.339 e. The van der Waals surface area contributed by atoms with Crippen LogP contribution in [0.3, 0.4) is 0 Å². The summed E-state index contributed by atoms with van der Waals surface area (Å²) in [4.78, 5) is 26.4. The molecule has 1 heterocycles. The first-order valence-electron chi connectivity index (χ1n) is 9.16. The first-order valence-corrected chi connectivity index (χ1v) is 11.4. The van der Waals surface area contributed by atoms with E-state index < -0.39 is 22.6 Å². The van der Waals surface area contributed by atoms with Crippen molar-refractivity contribution in [2.75, 3.05) is 39.9 Å². The van der Waals surface area contributed by atoms with Gasteiger partial charge in [-0.25, -0.2) is 13.2 Å². The number of sulfonamides is 1. The van der Waals surface area contributed by atoms with Crippen LogP contribution in [0.5, 0.6) is 5.75 Å². The average molecular weight is 497 g/mol. The maximum absolute atomic E-state index is 12.7. The monoisotopic (exact) mass is 496 g/mol. The van der Waals surface area contributed by atoms with Gasteiger partial charge in [-0.05, 0) is 46.3 Å². The molecular formula is C20H21BrN2O6S. The molecule has 0 N–H and O–H groups in total. The minimum Gasteiger partial charge on any atom is -0.497 e. The van der Waals surface area contributed by atoms with Gasteiger partial charge in [0.1, 0.15) is 5.75 Å². The van der Waals surface area contributed by atoms with Crippen LogP contribution in [0, 0.1) is 0 Å². The van der Waals surface area contributed by atoms with Gasteiger partial charge >= 0.3 is 5.97 Å². The number of hydrogen-bond acceptors (Lipinski definition) is 6. The highest BCUT2D eigenvalue weighted by atomic mass is 79.9. The highest BCUT2D eigenvalue weighted by molar-refractivity contribution is 9.10. The van der Waals surface area contributed by atoms with Crippen LogP contribution in [0.25, 0.3) is 0 Å². The summed E-state index contributed by atoms with van der Waals surface area (Å²) in [6.45, 7) is 0.390. The number of hydrogen-bond donors (Lipinski definition) is 0. The number of ether oxygens (including phenoxy) is 2. The van der Waals surface area contributed by atoms with Crippen molar-refractivity contribution in [3.8, 4) is 5.75 Å². The van der Waals surface area contributed by atoms with Gasteiger partial charge in [0.15, 0.2) is 6.61 Å². The largest absolute Gasteiger partial charge is 0.497 e. The number of halogens is 1. The molecule has 0 spiro atoms. The van der Waals surface area contributed by atoms with Crippen molar-refractivity contribution in [2.45, 2.75) is 4.90 Å². The fraction of sp³-hybridized carbons (Fsp3) is 0.300. The Morgan fingerprint density at radius 3 is 2.33 bits per heavy atom. The lowest BCUT2D eigenvalue weighted by molar-refractivity contribution is -0.135. The summed E-state index contributed by atoms with van der Waals surface area (Å²) in [5.41, 5.74) is 0.251. The lowest BCUT2D eigenvalue weighted by atomic mass is 10.2. The Morgan fingerprint density at radius 2 is 1.70 bits per heavy atom. The van der Waals surface area contributed by atoms with E-state index in [1.165, 1.54) is 22.4 Å². The molecule has 0 bridgehead atoms. The Balaban J connectivity index is 1.54. The van der Waals surface area contributed by atoms with Gasteiger partial charge in [0.25, 0.3) is 5.91 Å². The highest BCUT2D eigenvalue weighted by Crippen LogP contribution is 2.23. The maximum atomic E-state index is 12.7. The molecule has 2 aromatic rings. The zero-order valence-corrected chi connectivity index (χ0v) is 18.7. The van der Waals surface area contributed by atoms with E-state index in [9.17, 15) is 18.0 Å². The first kappa shape index (κ1) is 22.3. The number of benzene rings is 2. The van der Waals surface area contributed by atoms with Crippen molar-refractivity contribution in [3.05, 3.63) is 58.6 Å². The molecule has 160 valence electrons. The van der Waals surface area contributed by atoms with Crippen molar-refractivity contribution >= 4 is 37.8 Å². The SMILES string of the molecule is COc1ccc(Br)c(C(=O)OCC(=O)N2CCN(S(=O)(=O)c3ccccc3)CC2)c1. The van der Waals surface area contributed by atoms with Crippen LogP contribution in [0.2, 0.25) is 0 Å². The molecule has 1 amide bonds. The quantitative estimate of drug-likeness (QED) is 0.568. The molecule has 1 saturated heterocycles. The Labute approximate surface area is 183 Å². The van der Waals surface area contributed by atoms with Gasteiger partial charge in [0, 0.05) is 30.7 Å². The summed E-state index contributed by atoms with van der Waals surface area (Å²) in [5.74, 6) is -0.536. The molecule has 2 aromatic carbocycles. The van der Waals surface area contributed by atoms with Gasteiger partial charge in [0.2, 0.25) is 10.0 Å². The molecule has 0 radical (unpaired) electrons. The molecule has 0 aliphatic carbocycles. The van der Waals surface area contributed by atoms with E-state index in [-0.39, 0.29) is 42.5 Å². The third kappa shape index (κ3) is 5.00. The molecule has 10 heteroatoms. The van der Waals surface area contributed by atoms with Gasteiger partial charge in [0.05, 0.1) is 17.6 Å². The predicted octanol–water partition coefficient (Wildman–Crippen LogP) is 2.15. The van der Waals surface area contributed by atoms with Crippen molar-refractivity contribution in [1.82, 2.24) is 9.21 Å². The van der Waals surface area contributed by atoms with Crippen LogP contribution in [0.4, 0.5) is 0 Å². The molecule has 30 heavy (non-hydrogen) atoms. The number of rotatable bonds is 6. The van der Waals surface area contributed by atoms with Crippen molar-refractivity contribution in [3.63, 3.8) is 0 Å². The molecule has 1 aliphatic heterocycles. The maximum Gasteiger partial charge on any atom is 0.339 e. The lowest BCUT2D eigenvalue weighted by Crippen LogP contribution is -2.51. The minimum atomic E-state index is -3.59. The molecule has 0 unspecified atom stereocenters. The van der Waals surface area contributed by atoms with E-state index >= 15 is 0 Å². The number of carbonyl (C=O) groups is 2. The first-order chi connectivity index (χ1) is 14.3. The van der Waals surface area contributed by atoms with E-state index in [4.69, 9.17) is 9.47 Å². The van der Waals surface area contributed by atoms with Crippen LogP contribution < -0.4 is 4.74 Å². The zero-order chi connectivity index (χ0) is 21.7. The van der Waals surface area contributed by atoms with E-state index in [0.717, 1.165) is 0 Å². The van der Waals surface area contributed by atoms with Gasteiger partial charge in [-0.1, -0.05) is 18.2 Å². The third-order valence-electron chi connectivity index (χ3n) is 4.69. The van der Waals surface area contributed by atoms with Crippen LogP contribution in [-0.4, -0.2) is 69.4 Å². The fourth-order valence-electron chi connectivity index (χ4n) is 3.00. The Hall–Kier alpha value is -2.43. The summed E-state index contributed by atoms with van der Waals surface area (Å²) in [6, 6.07) is 13.0. The lowest BCUT2D eigenvalue weighted by Gasteiger charge is -2.33. The van der Waals surface area contributed by atoms with Crippen LogP contribution in [0.1, 0.15) is 10.4 Å². The molecule has 0 aromatic heterocycles. The summed E-state index contributed by atoms with van der Waals surface area (Å²) >= 11 is 3.27. The second kappa shape index (κ2) is 9.59. The molecule has 1 aliphatic rings. The molecule has 0 atom stereocenters. The van der Waals surface area contributed by atoms with Crippen LogP contribution >= 0.6 is 15.9 Å². The Bertz CT molecular complexity index is 1020. The highest BCUT2D eigenvalue weighted by Gasteiger charge is 2.30. The Morgan fingerprint density at radius 1 is 1.03 bits per heavy atom. The Kier molecular flexibility index (Phi) is 7.11. The van der Waals surface area contributed by atoms with Crippen molar-refractivity contribution in [1.29, 1.82) is 0 Å². The predicted molar refractivity (Wildman–Crippen MR) is 113 cm³/mol. The third-order valence-corrected chi connectivity index (χ3v) is 7.30. The number of amides is 1. The molecule has 0 saturated carbocycles. The van der Waals surface area contributed by atoms with Crippen molar-refractivity contribution < 1.29 is 27.5 Å². The van der Waals surface area contributed by atoms with Gasteiger partial charge in [-0.15, -0.1) is 0 Å². The average Bonchev–Trinajstić information content (AvgIpc) is 2.78. The standard InChI is InChI=1S/C20H21BrN2O6S/c1-28-15-7-8-18(21)17(13-15)20(25)29-14-19(24)22-9-11-23(12-10-22)30(26,27)16-5-3-2-4-6-16/h2-8,13H,9-12,14H2,1H3. The molecule has 8 nitrogen and oxygen atoms in total. The summed E-state index contributed by atoms with van der Waals surface area (Å²) in [6.07, 6.45) is 0. The number of methoxy groups -OCH3 is 1. The van der Waals surface area contributed by atoms with E-state index in [1.807, 2.05) is 0 Å². The summed E-state index contributed by atoms with van der Waals surface area (Å²) in [7, 11) is -2.11. The number of carbonyl (C=O) groups excluding carboxylic acids is 2. The van der Waals surface area contributed by atoms with Gasteiger partial charge in [-0.3, -0.25) is 4.79 Å². The molecule has 3 rings (SSSR count). The van der Waals surface area contributed by atoms with Crippen LogP contribution in [-0.2, 0) is 19.6 Å².